The Balaban J connectivity index is 1.98. The number of fused-ring (bicyclic) bond motifs is 1. The molecule has 1 aromatic heterocycles. The Morgan fingerprint density at radius 1 is 1.21 bits per heavy atom. The van der Waals surface area contributed by atoms with E-state index in [9.17, 15) is 0 Å². The minimum absolute atomic E-state index is 0.0908. The Morgan fingerprint density at radius 3 is 2.74 bits per heavy atom. The first-order valence-electron chi connectivity index (χ1n) is 6.61. The van der Waals surface area contributed by atoms with Gasteiger partial charge in [-0.1, -0.05) is 44.1 Å². The Bertz CT molecular complexity index is 584. The van der Waals surface area contributed by atoms with Crippen LogP contribution in [0.25, 0.3) is 0 Å². The summed E-state index contributed by atoms with van der Waals surface area (Å²) in [4.78, 5) is 4.57. The fraction of sp³-hybridized carbons (Fsp3) is 0.467. The molecule has 100 valence electrons. The summed E-state index contributed by atoms with van der Waals surface area (Å²) in [6.45, 7) is 6.94. The third-order valence-corrected chi connectivity index (χ3v) is 3.37. The maximum Gasteiger partial charge on any atom is 0.234 e. The summed E-state index contributed by atoms with van der Waals surface area (Å²) in [5.74, 6) is 2.52. The molecule has 0 fully saturated rings. The lowest BCUT2D eigenvalue weighted by Gasteiger charge is -2.23. The number of nitrogens with zero attached hydrogens (tertiary/aromatic N) is 2. The lowest BCUT2D eigenvalue weighted by molar-refractivity contribution is 0.256. The molecule has 2 heterocycles. The van der Waals surface area contributed by atoms with Crippen molar-refractivity contribution in [2.45, 2.75) is 38.5 Å². The van der Waals surface area contributed by atoms with Crippen LogP contribution >= 0.6 is 0 Å². The van der Waals surface area contributed by atoms with E-state index >= 15 is 0 Å². The second kappa shape index (κ2) is 4.37. The van der Waals surface area contributed by atoms with Crippen molar-refractivity contribution in [2.24, 2.45) is 0 Å². The zero-order valence-corrected chi connectivity index (χ0v) is 11.5. The molecule has 0 bridgehead atoms. The molecule has 19 heavy (non-hydrogen) atoms. The molecule has 0 aliphatic carbocycles. The Labute approximate surface area is 112 Å². The van der Waals surface area contributed by atoms with Gasteiger partial charge in [0.05, 0.1) is 12.5 Å². The first-order valence-corrected chi connectivity index (χ1v) is 6.61. The summed E-state index contributed by atoms with van der Waals surface area (Å²) in [5.41, 5.74) is 1.05. The minimum Gasteiger partial charge on any atom is -0.493 e. The summed E-state index contributed by atoms with van der Waals surface area (Å²) in [6.07, 6.45) is 0.878. The molecular formula is C15H18N2O2. The van der Waals surface area contributed by atoms with Gasteiger partial charge in [0.1, 0.15) is 5.75 Å². The number of hydrogen-bond acceptors (Lipinski definition) is 4. The van der Waals surface area contributed by atoms with Crippen LogP contribution in [0.4, 0.5) is 0 Å². The standard InChI is InChI=1S/C15H18N2O2/c1-15(2,3)14-16-13(19-17-14)11-8-9-18-12-7-5-4-6-10(11)12/h4-7,11H,8-9H2,1-3H3. The third-order valence-electron chi connectivity index (χ3n) is 3.37. The predicted molar refractivity (Wildman–Crippen MR) is 71.4 cm³/mol. The van der Waals surface area contributed by atoms with Gasteiger partial charge in [0.2, 0.25) is 5.89 Å². The van der Waals surface area contributed by atoms with Crippen molar-refractivity contribution in [3.63, 3.8) is 0 Å². The Morgan fingerprint density at radius 2 is 2.00 bits per heavy atom. The second-order valence-electron chi connectivity index (χ2n) is 5.93. The molecule has 0 saturated carbocycles. The fourth-order valence-electron chi connectivity index (χ4n) is 2.28. The molecular weight excluding hydrogens is 240 g/mol. The monoisotopic (exact) mass is 258 g/mol. The number of benzene rings is 1. The molecule has 2 aromatic rings. The van der Waals surface area contributed by atoms with Gasteiger partial charge in [-0.15, -0.1) is 0 Å². The zero-order chi connectivity index (χ0) is 13.5. The summed E-state index contributed by atoms with van der Waals surface area (Å²) in [6, 6.07) is 8.06. The summed E-state index contributed by atoms with van der Waals surface area (Å²) in [7, 11) is 0. The molecule has 1 unspecified atom stereocenters. The number of hydrogen-bond donors (Lipinski definition) is 0. The molecule has 0 N–H and O–H groups in total. The van der Waals surface area contributed by atoms with Crippen LogP contribution in [0.2, 0.25) is 0 Å². The molecule has 1 aromatic carbocycles. The van der Waals surface area contributed by atoms with Crippen LogP contribution in [-0.2, 0) is 5.41 Å². The predicted octanol–water partition coefficient (Wildman–Crippen LogP) is 3.28. The van der Waals surface area contributed by atoms with Gasteiger partial charge in [-0.2, -0.15) is 4.98 Å². The molecule has 1 atom stereocenters. The van der Waals surface area contributed by atoms with Gasteiger partial charge >= 0.3 is 0 Å². The molecule has 4 nitrogen and oxygen atoms in total. The molecule has 0 radical (unpaired) electrons. The lowest BCUT2D eigenvalue weighted by Crippen LogP contribution is -2.16. The molecule has 4 heteroatoms. The van der Waals surface area contributed by atoms with E-state index in [0.29, 0.717) is 12.5 Å². The van der Waals surface area contributed by atoms with Crippen LogP contribution in [0, 0.1) is 0 Å². The Hall–Kier alpha value is -1.84. The highest BCUT2D eigenvalue weighted by Gasteiger charge is 2.29. The smallest absolute Gasteiger partial charge is 0.234 e. The van der Waals surface area contributed by atoms with Gasteiger partial charge in [0, 0.05) is 11.0 Å². The number of rotatable bonds is 1. The highest BCUT2D eigenvalue weighted by Crippen LogP contribution is 2.37. The van der Waals surface area contributed by atoms with E-state index in [-0.39, 0.29) is 11.3 Å². The van der Waals surface area contributed by atoms with Crippen molar-refractivity contribution in [2.75, 3.05) is 6.61 Å². The summed E-state index contributed by atoms with van der Waals surface area (Å²) < 4.78 is 11.1. The minimum atomic E-state index is -0.0908. The highest BCUT2D eigenvalue weighted by molar-refractivity contribution is 5.40. The molecule has 3 rings (SSSR count). The van der Waals surface area contributed by atoms with Crippen molar-refractivity contribution in [1.29, 1.82) is 0 Å². The number of aromatic nitrogens is 2. The second-order valence-corrected chi connectivity index (χ2v) is 5.93. The van der Waals surface area contributed by atoms with Gasteiger partial charge in [0.25, 0.3) is 0 Å². The van der Waals surface area contributed by atoms with Crippen LogP contribution in [0.1, 0.15) is 50.4 Å². The largest absolute Gasteiger partial charge is 0.493 e. The maximum atomic E-state index is 5.66. The number of para-hydroxylation sites is 1. The van der Waals surface area contributed by atoms with E-state index in [4.69, 9.17) is 9.26 Å². The van der Waals surface area contributed by atoms with E-state index < -0.39 is 0 Å². The van der Waals surface area contributed by atoms with Crippen LogP contribution in [-0.4, -0.2) is 16.7 Å². The average molecular weight is 258 g/mol. The van der Waals surface area contributed by atoms with Crippen LogP contribution < -0.4 is 4.74 Å². The van der Waals surface area contributed by atoms with Crippen molar-refractivity contribution in [1.82, 2.24) is 10.1 Å². The third kappa shape index (κ3) is 2.23. The van der Waals surface area contributed by atoms with Crippen LogP contribution in [0.15, 0.2) is 28.8 Å². The first-order chi connectivity index (χ1) is 9.05. The molecule has 0 spiro atoms. The highest BCUT2D eigenvalue weighted by atomic mass is 16.5. The van der Waals surface area contributed by atoms with Gasteiger partial charge in [0.15, 0.2) is 5.82 Å². The van der Waals surface area contributed by atoms with E-state index in [1.54, 1.807) is 0 Å². The van der Waals surface area contributed by atoms with Crippen molar-refractivity contribution >= 4 is 0 Å². The molecule has 1 aliphatic heterocycles. The lowest BCUT2D eigenvalue weighted by atomic mass is 9.92. The van der Waals surface area contributed by atoms with E-state index in [2.05, 4.69) is 37.0 Å². The van der Waals surface area contributed by atoms with Gasteiger partial charge in [-0.3, -0.25) is 0 Å². The van der Waals surface area contributed by atoms with Crippen molar-refractivity contribution < 1.29 is 9.26 Å². The van der Waals surface area contributed by atoms with Gasteiger partial charge in [-0.25, -0.2) is 0 Å². The SMILES string of the molecule is CC(C)(C)c1noc(C2CCOc3ccccc32)n1. The van der Waals surface area contributed by atoms with Crippen LogP contribution in [0.5, 0.6) is 5.75 Å². The number of ether oxygens (including phenoxy) is 1. The zero-order valence-electron chi connectivity index (χ0n) is 11.5. The normalized spacial score (nSPS) is 18.8. The molecule has 0 amide bonds. The quantitative estimate of drug-likeness (QED) is 0.787. The van der Waals surface area contributed by atoms with Crippen LogP contribution in [0.3, 0.4) is 0 Å². The fourth-order valence-corrected chi connectivity index (χ4v) is 2.28. The van der Waals surface area contributed by atoms with Crippen molar-refractivity contribution in [3.8, 4) is 5.75 Å². The Kier molecular flexibility index (Phi) is 2.81. The average Bonchev–Trinajstić information content (AvgIpc) is 2.87. The maximum absolute atomic E-state index is 5.66. The van der Waals surface area contributed by atoms with E-state index in [1.807, 2.05) is 18.2 Å². The first kappa shape index (κ1) is 12.2. The topological polar surface area (TPSA) is 48.2 Å². The summed E-state index contributed by atoms with van der Waals surface area (Å²) in [5, 5.41) is 4.11. The van der Waals surface area contributed by atoms with Gasteiger partial charge < -0.3 is 9.26 Å². The summed E-state index contributed by atoms with van der Waals surface area (Å²) >= 11 is 0. The van der Waals surface area contributed by atoms with E-state index in [0.717, 1.165) is 23.6 Å². The van der Waals surface area contributed by atoms with Gasteiger partial charge in [-0.05, 0) is 12.5 Å². The van der Waals surface area contributed by atoms with E-state index in [1.165, 1.54) is 0 Å². The molecule has 1 aliphatic rings. The molecule has 0 saturated heterocycles. The van der Waals surface area contributed by atoms with Crippen molar-refractivity contribution in [3.05, 3.63) is 41.5 Å².